The zero-order valence-corrected chi connectivity index (χ0v) is 11.0. The van der Waals surface area contributed by atoms with Crippen LogP contribution in [-0.4, -0.2) is 30.1 Å². The van der Waals surface area contributed by atoms with Crippen molar-refractivity contribution in [2.75, 3.05) is 0 Å². The van der Waals surface area contributed by atoms with Gasteiger partial charge in [-0.2, -0.15) is 0 Å². The number of Topliss-reactive ketones (excluding diaryl/α,β-unsaturated/α-hetero) is 1. The molecule has 0 N–H and O–H groups in total. The van der Waals surface area contributed by atoms with E-state index in [9.17, 15) is 4.79 Å². The molecule has 4 bridgehead atoms. The van der Waals surface area contributed by atoms with Crippen LogP contribution in [0.25, 0.3) is 0 Å². The Hall–Kier alpha value is -0.450. The number of carbonyl (C=O) groups is 1. The normalized spacial score (nSPS) is 41.3. The third-order valence-corrected chi connectivity index (χ3v) is 4.14. The zero-order chi connectivity index (χ0) is 12.6. The lowest BCUT2D eigenvalue weighted by Crippen LogP contribution is -2.65. The minimum Gasteiger partial charge on any atom is -0.318 e. The Bertz CT molecular complexity index is 290. The quantitative estimate of drug-likeness (QED) is 0.683. The Labute approximate surface area is 108 Å². The third kappa shape index (κ3) is 2.22. The van der Waals surface area contributed by atoms with Crippen molar-refractivity contribution < 1.29 is 19.0 Å². The van der Waals surface area contributed by atoms with Crippen LogP contribution in [0.3, 0.4) is 0 Å². The van der Waals surface area contributed by atoms with Crippen LogP contribution in [0.5, 0.6) is 0 Å². The Morgan fingerprint density at radius 3 is 2.06 bits per heavy atom. The lowest BCUT2D eigenvalue weighted by atomic mass is 9.88. The molecule has 4 rings (SSSR count). The maximum Gasteiger partial charge on any atom is 0.347 e. The summed E-state index contributed by atoms with van der Waals surface area (Å²) in [5, 5.41) is 0. The average molecular weight is 254 g/mol. The Morgan fingerprint density at radius 1 is 1.00 bits per heavy atom. The van der Waals surface area contributed by atoms with E-state index in [2.05, 4.69) is 6.92 Å². The molecule has 4 fully saturated rings. The van der Waals surface area contributed by atoms with Crippen LogP contribution in [0.1, 0.15) is 58.3 Å². The summed E-state index contributed by atoms with van der Waals surface area (Å²) in [6.45, 7) is 2.16. The van der Waals surface area contributed by atoms with Gasteiger partial charge in [-0.05, 0) is 6.42 Å². The van der Waals surface area contributed by atoms with Crippen LogP contribution in [0.2, 0.25) is 0 Å². The molecule has 4 nitrogen and oxygen atoms in total. The van der Waals surface area contributed by atoms with E-state index >= 15 is 0 Å². The molecule has 0 radical (unpaired) electrons. The van der Waals surface area contributed by atoms with Crippen molar-refractivity contribution in [3.05, 3.63) is 0 Å². The molecule has 0 unspecified atom stereocenters. The molecule has 1 saturated carbocycles. The second-order valence-corrected chi connectivity index (χ2v) is 5.72. The Morgan fingerprint density at radius 2 is 1.56 bits per heavy atom. The summed E-state index contributed by atoms with van der Waals surface area (Å²) in [6.07, 6.45) is 8.11. The summed E-state index contributed by atoms with van der Waals surface area (Å²) in [5.41, 5.74) is 0. The molecule has 0 aromatic carbocycles. The standard InChI is InChI=1S/C14H22O4/c1-2-3-4-5-6-13(15)14-16-10-7-11(17-14)9-12(8-10)18-14/h10-12H,2-9H2,1H3. The van der Waals surface area contributed by atoms with Crippen LogP contribution < -0.4 is 0 Å². The van der Waals surface area contributed by atoms with E-state index < -0.39 is 5.97 Å². The first-order valence-corrected chi connectivity index (χ1v) is 7.28. The number of rotatable bonds is 6. The predicted molar refractivity (Wildman–Crippen MR) is 65.0 cm³/mol. The van der Waals surface area contributed by atoms with E-state index in [4.69, 9.17) is 14.2 Å². The molecule has 0 aromatic heterocycles. The fourth-order valence-corrected chi connectivity index (χ4v) is 3.26. The molecule has 3 saturated heterocycles. The third-order valence-electron chi connectivity index (χ3n) is 4.14. The highest BCUT2D eigenvalue weighted by Gasteiger charge is 2.58. The van der Waals surface area contributed by atoms with Crippen molar-refractivity contribution in [2.24, 2.45) is 0 Å². The van der Waals surface area contributed by atoms with Crippen LogP contribution >= 0.6 is 0 Å². The number of ketones is 1. The largest absolute Gasteiger partial charge is 0.347 e. The first kappa shape index (κ1) is 12.6. The van der Waals surface area contributed by atoms with Crippen molar-refractivity contribution in [3.63, 3.8) is 0 Å². The van der Waals surface area contributed by atoms with Gasteiger partial charge in [-0.1, -0.05) is 26.2 Å². The summed E-state index contributed by atoms with van der Waals surface area (Å²) >= 11 is 0. The molecular formula is C14H22O4. The molecule has 1 aliphatic carbocycles. The topological polar surface area (TPSA) is 44.8 Å². The molecule has 102 valence electrons. The summed E-state index contributed by atoms with van der Waals surface area (Å²) in [4.78, 5) is 12.3. The smallest absolute Gasteiger partial charge is 0.318 e. The highest BCUT2D eigenvalue weighted by atomic mass is 16.9. The molecular weight excluding hydrogens is 232 g/mol. The van der Waals surface area contributed by atoms with Crippen LogP contribution in [-0.2, 0) is 19.0 Å². The lowest BCUT2D eigenvalue weighted by Gasteiger charge is -2.54. The molecule has 18 heavy (non-hydrogen) atoms. The van der Waals surface area contributed by atoms with Crippen molar-refractivity contribution in [2.45, 2.75) is 82.6 Å². The first-order valence-electron chi connectivity index (χ1n) is 7.28. The summed E-state index contributed by atoms with van der Waals surface area (Å²) in [7, 11) is 0. The molecule has 3 aliphatic heterocycles. The van der Waals surface area contributed by atoms with Gasteiger partial charge < -0.3 is 14.2 Å². The minimum atomic E-state index is -1.33. The molecule has 0 amide bonds. The second-order valence-electron chi connectivity index (χ2n) is 5.72. The number of unbranched alkanes of at least 4 members (excludes halogenated alkanes) is 3. The van der Waals surface area contributed by atoms with Crippen LogP contribution in [0, 0.1) is 0 Å². The SMILES string of the molecule is CCCCCCC(=O)C12OC3CC(CC(C3)O1)O2. The maximum atomic E-state index is 12.3. The fraction of sp³-hybridized carbons (Fsp3) is 0.929. The lowest BCUT2D eigenvalue weighted by molar-refractivity contribution is -0.468. The van der Waals surface area contributed by atoms with E-state index in [1.165, 1.54) is 12.8 Å². The van der Waals surface area contributed by atoms with E-state index in [1.807, 2.05) is 0 Å². The maximum absolute atomic E-state index is 12.3. The van der Waals surface area contributed by atoms with E-state index in [0.717, 1.165) is 32.1 Å². The summed E-state index contributed by atoms with van der Waals surface area (Å²) in [5.74, 6) is -1.35. The highest BCUT2D eigenvalue weighted by Crippen LogP contribution is 2.45. The van der Waals surface area contributed by atoms with Crippen molar-refractivity contribution in [3.8, 4) is 0 Å². The zero-order valence-electron chi connectivity index (χ0n) is 11.0. The number of ether oxygens (including phenoxy) is 3. The van der Waals surface area contributed by atoms with Crippen molar-refractivity contribution in [1.29, 1.82) is 0 Å². The van der Waals surface area contributed by atoms with E-state index in [1.54, 1.807) is 0 Å². The molecule has 0 spiro atoms. The molecule has 4 aliphatic rings. The summed E-state index contributed by atoms with van der Waals surface area (Å²) in [6, 6.07) is 0. The minimum absolute atomic E-state index is 0.0160. The van der Waals surface area contributed by atoms with Gasteiger partial charge in [-0.15, -0.1) is 0 Å². The molecule has 3 heterocycles. The van der Waals surface area contributed by atoms with Gasteiger partial charge in [0, 0.05) is 25.7 Å². The van der Waals surface area contributed by atoms with Crippen LogP contribution in [0.4, 0.5) is 0 Å². The fourth-order valence-electron chi connectivity index (χ4n) is 3.26. The number of hydrogen-bond donors (Lipinski definition) is 0. The average Bonchev–Trinajstić information content (AvgIpc) is 2.32. The number of hydrogen-bond acceptors (Lipinski definition) is 4. The highest BCUT2D eigenvalue weighted by molar-refractivity contribution is 5.84. The van der Waals surface area contributed by atoms with Gasteiger partial charge in [0.2, 0.25) is 5.78 Å². The van der Waals surface area contributed by atoms with Gasteiger partial charge in [-0.3, -0.25) is 4.79 Å². The van der Waals surface area contributed by atoms with Gasteiger partial charge in [0.05, 0.1) is 18.3 Å². The first-order chi connectivity index (χ1) is 8.72. The Balaban J connectivity index is 1.59. The van der Waals surface area contributed by atoms with Crippen molar-refractivity contribution >= 4 is 5.78 Å². The van der Waals surface area contributed by atoms with Gasteiger partial charge in [-0.25, -0.2) is 0 Å². The summed E-state index contributed by atoms with van der Waals surface area (Å²) < 4.78 is 17.2. The van der Waals surface area contributed by atoms with Gasteiger partial charge in [0.25, 0.3) is 0 Å². The van der Waals surface area contributed by atoms with Crippen LogP contribution in [0.15, 0.2) is 0 Å². The Kier molecular flexibility index (Phi) is 3.43. The van der Waals surface area contributed by atoms with E-state index in [0.29, 0.717) is 6.42 Å². The molecule has 0 aromatic rings. The second kappa shape index (κ2) is 4.91. The predicted octanol–water partition coefficient (Wildman–Crippen LogP) is 2.55. The van der Waals surface area contributed by atoms with Gasteiger partial charge >= 0.3 is 5.97 Å². The number of carbonyl (C=O) groups excluding carboxylic acids is 1. The van der Waals surface area contributed by atoms with Gasteiger partial charge in [0.1, 0.15) is 0 Å². The molecule has 4 heteroatoms. The molecule has 0 atom stereocenters. The monoisotopic (exact) mass is 254 g/mol. The van der Waals surface area contributed by atoms with Gasteiger partial charge in [0.15, 0.2) is 0 Å². The van der Waals surface area contributed by atoms with E-state index in [-0.39, 0.29) is 24.1 Å². The van der Waals surface area contributed by atoms with Crippen molar-refractivity contribution in [1.82, 2.24) is 0 Å².